The highest BCUT2D eigenvalue weighted by atomic mass is 16.4. The van der Waals surface area contributed by atoms with Crippen LogP contribution in [-0.2, 0) is 6.54 Å². The van der Waals surface area contributed by atoms with E-state index < -0.39 is 5.97 Å². The molecular formula is C14H12N2O3. The summed E-state index contributed by atoms with van der Waals surface area (Å²) in [5.41, 5.74) is 1.96. The molecule has 5 heteroatoms. The maximum Gasteiger partial charge on any atom is 0.337 e. The third kappa shape index (κ3) is 1.55. The fourth-order valence-corrected chi connectivity index (χ4v) is 2.40. The van der Waals surface area contributed by atoms with E-state index in [2.05, 4.69) is 0 Å². The van der Waals surface area contributed by atoms with Crippen molar-refractivity contribution in [3.05, 3.63) is 52.4 Å². The van der Waals surface area contributed by atoms with Gasteiger partial charge in [0.2, 0.25) is 0 Å². The number of aryl methyl sites for hydroxylation is 1. The maximum absolute atomic E-state index is 12.4. The molecule has 0 atom stereocenters. The zero-order valence-corrected chi connectivity index (χ0v) is 10.3. The van der Waals surface area contributed by atoms with Crippen LogP contribution in [0.3, 0.4) is 0 Å². The molecule has 0 aliphatic rings. The predicted octanol–water partition coefficient (Wildman–Crippen LogP) is 1.97. The first-order valence-corrected chi connectivity index (χ1v) is 6.00. The second kappa shape index (κ2) is 3.98. The summed E-state index contributed by atoms with van der Waals surface area (Å²) in [7, 11) is 0. The van der Waals surface area contributed by atoms with Gasteiger partial charge in [0.15, 0.2) is 0 Å². The second-order valence-corrected chi connectivity index (χ2v) is 4.33. The number of nitrogens with zero attached hydrogens (tertiary/aromatic N) is 2. The Bertz CT molecular complexity index is 858. The van der Waals surface area contributed by atoms with Crippen LogP contribution >= 0.6 is 0 Å². The monoisotopic (exact) mass is 256 g/mol. The average Bonchev–Trinajstić information content (AvgIpc) is 2.85. The molecule has 0 amide bonds. The number of para-hydroxylation sites is 2. The topological polar surface area (TPSA) is 63.7 Å². The van der Waals surface area contributed by atoms with E-state index in [9.17, 15) is 9.59 Å². The molecule has 0 bridgehead atoms. The van der Waals surface area contributed by atoms with Gasteiger partial charge in [-0.25, -0.2) is 4.79 Å². The van der Waals surface area contributed by atoms with Gasteiger partial charge in [-0.15, -0.1) is 0 Å². The molecule has 0 fully saturated rings. The summed E-state index contributed by atoms with van der Waals surface area (Å²) in [6.07, 6.45) is 1.49. The van der Waals surface area contributed by atoms with Crippen LogP contribution < -0.4 is 5.56 Å². The van der Waals surface area contributed by atoms with E-state index in [1.165, 1.54) is 12.3 Å². The lowest BCUT2D eigenvalue weighted by Gasteiger charge is -2.09. The normalized spacial score (nSPS) is 11.2. The Morgan fingerprint density at radius 3 is 2.53 bits per heavy atom. The zero-order chi connectivity index (χ0) is 13.6. The molecule has 0 saturated heterocycles. The van der Waals surface area contributed by atoms with Crippen molar-refractivity contribution < 1.29 is 9.90 Å². The van der Waals surface area contributed by atoms with Gasteiger partial charge in [-0.2, -0.15) is 0 Å². The van der Waals surface area contributed by atoms with E-state index in [4.69, 9.17) is 5.11 Å². The number of hydrogen-bond acceptors (Lipinski definition) is 2. The highest BCUT2D eigenvalue weighted by Gasteiger charge is 2.13. The van der Waals surface area contributed by atoms with Crippen molar-refractivity contribution in [2.24, 2.45) is 0 Å². The van der Waals surface area contributed by atoms with Crippen molar-refractivity contribution in [2.75, 3.05) is 0 Å². The van der Waals surface area contributed by atoms with Gasteiger partial charge < -0.3 is 14.1 Å². The summed E-state index contributed by atoms with van der Waals surface area (Å²) in [6.45, 7) is 2.44. The van der Waals surface area contributed by atoms with E-state index in [0.717, 1.165) is 11.0 Å². The fourth-order valence-electron chi connectivity index (χ4n) is 2.40. The Kier molecular flexibility index (Phi) is 2.41. The van der Waals surface area contributed by atoms with Gasteiger partial charge in [0.1, 0.15) is 5.52 Å². The molecule has 96 valence electrons. The van der Waals surface area contributed by atoms with Crippen LogP contribution in [-0.4, -0.2) is 20.0 Å². The zero-order valence-electron chi connectivity index (χ0n) is 10.3. The Morgan fingerprint density at radius 1 is 1.21 bits per heavy atom. The third-order valence-electron chi connectivity index (χ3n) is 3.28. The summed E-state index contributed by atoms with van der Waals surface area (Å²) in [5, 5.41) is 9.05. The van der Waals surface area contributed by atoms with Crippen molar-refractivity contribution in [2.45, 2.75) is 13.5 Å². The number of aromatic nitrogens is 2. The minimum atomic E-state index is -1.03. The van der Waals surface area contributed by atoms with Crippen LogP contribution in [0.4, 0.5) is 0 Å². The Hall–Kier alpha value is -2.56. The summed E-state index contributed by atoms with van der Waals surface area (Å²) in [5.74, 6) is -1.03. The minimum Gasteiger partial charge on any atom is -0.478 e. The van der Waals surface area contributed by atoms with Gasteiger partial charge in [0.05, 0.1) is 16.6 Å². The maximum atomic E-state index is 12.4. The standard InChI is InChI=1S/C14H12N2O3/c1-2-15-10-5-3-4-6-11(10)16-8-9(14(18)19)7-12(16)13(15)17/h3-8H,2H2,1H3,(H,18,19). The molecule has 0 aliphatic heterocycles. The number of rotatable bonds is 2. The number of hydrogen-bond donors (Lipinski definition) is 1. The first-order chi connectivity index (χ1) is 9.13. The molecule has 3 aromatic rings. The molecule has 3 rings (SSSR count). The molecule has 0 aliphatic carbocycles. The van der Waals surface area contributed by atoms with Crippen LogP contribution in [0.5, 0.6) is 0 Å². The van der Waals surface area contributed by atoms with Crippen LogP contribution in [0.2, 0.25) is 0 Å². The average molecular weight is 256 g/mol. The van der Waals surface area contributed by atoms with Crippen LogP contribution in [0.1, 0.15) is 17.3 Å². The van der Waals surface area contributed by atoms with E-state index in [1.807, 2.05) is 31.2 Å². The summed E-state index contributed by atoms with van der Waals surface area (Å²) >= 11 is 0. The van der Waals surface area contributed by atoms with Crippen molar-refractivity contribution in [3.8, 4) is 0 Å². The molecule has 0 saturated carbocycles. The summed E-state index contributed by atoms with van der Waals surface area (Å²) < 4.78 is 3.30. The first-order valence-electron chi connectivity index (χ1n) is 6.00. The third-order valence-corrected chi connectivity index (χ3v) is 3.28. The van der Waals surface area contributed by atoms with Gasteiger partial charge in [-0.1, -0.05) is 12.1 Å². The SMILES string of the molecule is CCn1c(=O)c2cc(C(=O)O)cn2c2ccccc21. The molecule has 2 aromatic heterocycles. The van der Waals surface area contributed by atoms with Crippen molar-refractivity contribution in [3.63, 3.8) is 0 Å². The molecular weight excluding hydrogens is 244 g/mol. The van der Waals surface area contributed by atoms with Gasteiger partial charge >= 0.3 is 5.97 Å². The lowest BCUT2D eigenvalue weighted by Crippen LogP contribution is -2.21. The van der Waals surface area contributed by atoms with E-state index in [-0.39, 0.29) is 11.1 Å². The van der Waals surface area contributed by atoms with Gasteiger partial charge in [0, 0.05) is 12.7 Å². The quantitative estimate of drug-likeness (QED) is 0.762. The molecule has 0 spiro atoms. The molecule has 0 radical (unpaired) electrons. The molecule has 19 heavy (non-hydrogen) atoms. The highest BCUT2D eigenvalue weighted by Crippen LogP contribution is 2.17. The molecule has 5 nitrogen and oxygen atoms in total. The van der Waals surface area contributed by atoms with E-state index in [0.29, 0.717) is 12.1 Å². The molecule has 0 unspecified atom stereocenters. The van der Waals surface area contributed by atoms with Crippen molar-refractivity contribution >= 4 is 22.5 Å². The number of carboxylic acid groups (broad SMARTS) is 1. The number of aromatic carboxylic acids is 1. The van der Waals surface area contributed by atoms with Crippen LogP contribution in [0, 0.1) is 0 Å². The number of benzene rings is 1. The van der Waals surface area contributed by atoms with E-state index in [1.54, 1.807) is 8.97 Å². The molecule has 1 N–H and O–H groups in total. The number of fused-ring (bicyclic) bond motifs is 3. The van der Waals surface area contributed by atoms with Crippen LogP contribution in [0.15, 0.2) is 41.3 Å². The van der Waals surface area contributed by atoms with Crippen molar-refractivity contribution in [1.82, 2.24) is 8.97 Å². The minimum absolute atomic E-state index is 0.121. The van der Waals surface area contributed by atoms with E-state index >= 15 is 0 Å². The summed E-state index contributed by atoms with van der Waals surface area (Å²) in [6, 6.07) is 8.89. The Labute approximate surface area is 108 Å². The molecule has 1 aromatic carbocycles. The molecule has 2 heterocycles. The largest absolute Gasteiger partial charge is 0.478 e. The fraction of sp³-hybridized carbons (Fsp3) is 0.143. The smallest absolute Gasteiger partial charge is 0.337 e. The van der Waals surface area contributed by atoms with Gasteiger partial charge in [-0.3, -0.25) is 4.79 Å². The van der Waals surface area contributed by atoms with Gasteiger partial charge in [-0.05, 0) is 25.1 Å². The highest BCUT2D eigenvalue weighted by molar-refractivity contribution is 5.91. The number of carboxylic acids is 1. The first kappa shape index (κ1) is 11.5. The van der Waals surface area contributed by atoms with Crippen molar-refractivity contribution in [1.29, 1.82) is 0 Å². The Morgan fingerprint density at radius 2 is 1.89 bits per heavy atom. The predicted molar refractivity (Wildman–Crippen MR) is 71.8 cm³/mol. The lowest BCUT2D eigenvalue weighted by atomic mass is 10.3. The van der Waals surface area contributed by atoms with Gasteiger partial charge in [0.25, 0.3) is 5.56 Å². The summed E-state index contributed by atoms with van der Waals surface area (Å²) in [4.78, 5) is 23.4. The number of carbonyl (C=O) groups is 1. The van der Waals surface area contributed by atoms with Crippen LogP contribution in [0.25, 0.3) is 16.6 Å². The lowest BCUT2D eigenvalue weighted by molar-refractivity contribution is 0.0697. The second-order valence-electron chi connectivity index (χ2n) is 4.33. The Balaban J connectivity index is 2.59.